The van der Waals surface area contributed by atoms with E-state index in [2.05, 4.69) is 35.2 Å². The van der Waals surface area contributed by atoms with Gasteiger partial charge in [0.25, 0.3) is 0 Å². The van der Waals surface area contributed by atoms with E-state index in [1.807, 2.05) is 25.4 Å². The van der Waals surface area contributed by atoms with Crippen LogP contribution in [0, 0.1) is 6.92 Å². The second kappa shape index (κ2) is 6.13. The Labute approximate surface area is 153 Å². The van der Waals surface area contributed by atoms with Crippen LogP contribution in [-0.4, -0.2) is 9.97 Å². The van der Waals surface area contributed by atoms with Crippen molar-refractivity contribution in [3.05, 3.63) is 71.0 Å². The normalized spacial score (nSPS) is 15.3. The molecule has 0 radical (unpaired) electrons. The Hall–Kier alpha value is -2.88. The Bertz CT molecular complexity index is 983. The molecule has 2 aliphatic rings. The molecule has 4 nitrogen and oxygen atoms in total. The van der Waals surface area contributed by atoms with Crippen LogP contribution in [0.3, 0.4) is 0 Å². The summed E-state index contributed by atoms with van der Waals surface area (Å²) in [6.45, 7) is 2.55. The maximum Gasteiger partial charge on any atom is 0.181 e. The molecule has 0 saturated carbocycles. The number of aryl methyl sites for hydroxylation is 2. The van der Waals surface area contributed by atoms with Crippen LogP contribution in [0.25, 0.3) is 0 Å². The minimum Gasteiger partial charge on any atom is -0.485 e. The first kappa shape index (κ1) is 15.4. The van der Waals surface area contributed by atoms with Crippen molar-refractivity contribution in [2.24, 2.45) is 0 Å². The van der Waals surface area contributed by atoms with Crippen molar-refractivity contribution in [1.82, 2.24) is 9.97 Å². The van der Waals surface area contributed by atoms with Gasteiger partial charge in [0.1, 0.15) is 12.4 Å². The highest BCUT2D eigenvalue weighted by Crippen LogP contribution is 2.44. The lowest BCUT2D eigenvalue weighted by Crippen LogP contribution is -2.17. The predicted molar refractivity (Wildman–Crippen MR) is 102 cm³/mol. The molecule has 0 atom stereocenters. The summed E-state index contributed by atoms with van der Waals surface area (Å²) in [6, 6.07) is 12.7. The number of benzene rings is 1. The number of hydrogen-bond acceptors (Lipinski definition) is 4. The molecular formula is C22H21N3O. The number of anilines is 3. The first-order chi connectivity index (χ1) is 12.8. The summed E-state index contributed by atoms with van der Waals surface area (Å²) in [5.41, 5.74) is 6.23. The first-order valence-corrected chi connectivity index (χ1v) is 9.25. The van der Waals surface area contributed by atoms with E-state index in [0.717, 1.165) is 41.4 Å². The summed E-state index contributed by atoms with van der Waals surface area (Å²) in [6.07, 6.45) is 8.50. The number of pyridine rings is 2. The van der Waals surface area contributed by atoms with E-state index < -0.39 is 0 Å². The summed E-state index contributed by atoms with van der Waals surface area (Å²) in [4.78, 5) is 11.7. The van der Waals surface area contributed by atoms with E-state index in [0.29, 0.717) is 6.61 Å². The molecule has 130 valence electrons. The van der Waals surface area contributed by atoms with Gasteiger partial charge in [-0.3, -0.25) is 4.90 Å². The molecule has 5 rings (SSSR count). The van der Waals surface area contributed by atoms with Crippen LogP contribution >= 0.6 is 0 Å². The second-order valence-corrected chi connectivity index (χ2v) is 7.07. The molecule has 0 unspecified atom stereocenters. The lowest BCUT2D eigenvalue weighted by atomic mass is 9.90. The van der Waals surface area contributed by atoms with Gasteiger partial charge in [-0.05, 0) is 67.5 Å². The molecule has 0 spiro atoms. The Kier molecular flexibility index (Phi) is 3.63. The minimum atomic E-state index is 0.507. The zero-order chi connectivity index (χ0) is 17.5. The maximum atomic E-state index is 6.11. The summed E-state index contributed by atoms with van der Waals surface area (Å²) < 4.78 is 6.11. The quantitative estimate of drug-likeness (QED) is 0.621. The van der Waals surface area contributed by atoms with Crippen LogP contribution in [0.15, 0.2) is 48.8 Å². The van der Waals surface area contributed by atoms with Gasteiger partial charge in [-0.1, -0.05) is 18.2 Å². The molecule has 2 aromatic heterocycles. The fraction of sp³-hybridized carbons (Fsp3) is 0.273. The van der Waals surface area contributed by atoms with Crippen LogP contribution in [0.5, 0.6) is 5.75 Å². The standard InChI is InChI=1S/C22H21N3O/c1-15-12-20-22(24-13-15)25(21-17(14-26-20)8-5-11-23-21)19-10-4-7-16-6-2-3-9-18(16)19/h4-5,7-8,10-13H,2-3,6,9,14H2,1H3. The van der Waals surface area contributed by atoms with E-state index in [-0.39, 0.29) is 0 Å². The van der Waals surface area contributed by atoms with Gasteiger partial charge < -0.3 is 4.74 Å². The SMILES string of the molecule is Cc1cnc2c(c1)OCc1cccnc1N2c1cccc2c1CCCC2. The Morgan fingerprint density at radius 2 is 1.85 bits per heavy atom. The Balaban J connectivity index is 1.78. The molecule has 4 heteroatoms. The van der Waals surface area contributed by atoms with E-state index in [9.17, 15) is 0 Å². The van der Waals surface area contributed by atoms with Crippen molar-refractivity contribution in [2.75, 3.05) is 4.90 Å². The van der Waals surface area contributed by atoms with Crippen LogP contribution < -0.4 is 9.64 Å². The van der Waals surface area contributed by atoms with Crippen LogP contribution in [0.1, 0.15) is 35.1 Å². The third-order valence-electron chi connectivity index (χ3n) is 5.26. The maximum absolute atomic E-state index is 6.11. The van der Waals surface area contributed by atoms with Gasteiger partial charge in [0.2, 0.25) is 0 Å². The molecule has 0 fully saturated rings. The topological polar surface area (TPSA) is 38.3 Å². The van der Waals surface area contributed by atoms with Gasteiger partial charge in [-0.25, -0.2) is 9.97 Å². The van der Waals surface area contributed by atoms with E-state index in [1.165, 1.54) is 29.7 Å². The molecular weight excluding hydrogens is 322 g/mol. The molecule has 3 heterocycles. The van der Waals surface area contributed by atoms with Crippen LogP contribution in [-0.2, 0) is 19.4 Å². The second-order valence-electron chi connectivity index (χ2n) is 7.07. The largest absolute Gasteiger partial charge is 0.485 e. The number of fused-ring (bicyclic) bond motifs is 3. The molecule has 1 aliphatic heterocycles. The molecule has 0 saturated heterocycles. The van der Waals surface area contributed by atoms with Crippen molar-refractivity contribution in [3.8, 4) is 5.75 Å². The molecule has 0 N–H and O–H groups in total. The van der Waals surface area contributed by atoms with Crippen molar-refractivity contribution in [2.45, 2.75) is 39.2 Å². The molecule has 1 aromatic carbocycles. The van der Waals surface area contributed by atoms with Crippen molar-refractivity contribution < 1.29 is 4.74 Å². The number of aromatic nitrogens is 2. The monoisotopic (exact) mass is 343 g/mol. The number of ether oxygens (including phenoxy) is 1. The van der Waals surface area contributed by atoms with E-state index in [1.54, 1.807) is 0 Å². The van der Waals surface area contributed by atoms with E-state index in [4.69, 9.17) is 14.7 Å². The predicted octanol–water partition coefficient (Wildman–Crippen LogP) is 5.03. The minimum absolute atomic E-state index is 0.507. The first-order valence-electron chi connectivity index (χ1n) is 9.25. The van der Waals surface area contributed by atoms with Crippen LogP contribution in [0.4, 0.5) is 17.3 Å². The zero-order valence-corrected chi connectivity index (χ0v) is 14.9. The van der Waals surface area contributed by atoms with Crippen molar-refractivity contribution in [1.29, 1.82) is 0 Å². The van der Waals surface area contributed by atoms with Crippen LogP contribution in [0.2, 0.25) is 0 Å². The van der Waals surface area contributed by atoms with Gasteiger partial charge in [-0.15, -0.1) is 0 Å². The summed E-state index contributed by atoms with van der Waals surface area (Å²) >= 11 is 0. The van der Waals surface area contributed by atoms with Crippen molar-refractivity contribution in [3.63, 3.8) is 0 Å². The molecule has 0 amide bonds. The Morgan fingerprint density at radius 3 is 2.81 bits per heavy atom. The molecule has 26 heavy (non-hydrogen) atoms. The third kappa shape index (κ3) is 2.45. The van der Waals surface area contributed by atoms with Gasteiger partial charge in [-0.2, -0.15) is 0 Å². The van der Waals surface area contributed by atoms with Gasteiger partial charge in [0.15, 0.2) is 11.6 Å². The summed E-state index contributed by atoms with van der Waals surface area (Å²) in [7, 11) is 0. The number of rotatable bonds is 1. The highest BCUT2D eigenvalue weighted by atomic mass is 16.5. The number of nitrogens with zero attached hydrogens (tertiary/aromatic N) is 3. The fourth-order valence-corrected chi connectivity index (χ4v) is 4.01. The Morgan fingerprint density at radius 1 is 0.962 bits per heavy atom. The van der Waals surface area contributed by atoms with Gasteiger partial charge >= 0.3 is 0 Å². The van der Waals surface area contributed by atoms with Gasteiger partial charge in [0.05, 0.1) is 5.69 Å². The third-order valence-corrected chi connectivity index (χ3v) is 5.26. The van der Waals surface area contributed by atoms with Gasteiger partial charge in [0, 0.05) is 18.0 Å². The molecule has 0 bridgehead atoms. The average Bonchev–Trinajstić information content (AvgIpc) is 2.84. The van der Waals surface area contributed by atoms with E-state index >= 15 is 0 Å². The highest BCUT2D eigenvalue weighted by Gasteiger charge is 2.28. The lowest BCUT2D eigenvalue weighted by Gasteiger charge is -2.28. The zero-order valence-electron chi connectivity index (χ0n) is 14.9. The van der Waals surface area contributed by atoms with Crippen molar-refractivity contribution >= 4 is 17.3 Å². The summed E-state index contributed by atoms with van der Waals surface area (Å²) in [5.74, 6) is 2.56. The summed E-state index contributed by atoms with van der Waals surface area (Å²) in [5, 5.41) is 0. The molecule has 1 aliphatic carbocycles. The lowest BCUT2D eigenvalue weighted by molar-refractivity contribution is 0.309. The highest BCUT2D eigenvalue weighted by molar-refractivity contribution is 5.80. The smallest absolute Gasteiger partial charge is 0.181 e. The fourth-order valence-electron chi connectivity index (χ4n) is 4.01. The average molecular weight is 343 g/mol. The molecule has 3 aromatic rings. The number of hydrogen-bond donors (Lipinski definition) is 0.